The van der Waals surface area contributed by atoms with Crippen LogP contribution in [0.2, 0.25) is 0 Å². The fourth-order valence-corrected chi connectivity index (χ4v) is 2.46. The quantitative estimate of drug-likeness (QED) is 0.858. The van der Waals surface area contributed by atoms with E-state index in [2.05, 4.69) is 15.0 Å². The number of methoxy groups -OCH3 is 1. The molecule has 0 fully saturated rings. The number of amides is 1. The number of nitrogens with one attached hydrogen (secondary N) is 1. The van der Waals surface area contributed by atoms with Gasteiger partial charge in [0.2, 0.25) is 5.91 Å². The highest BCUT2D eigenvalue weighted by molar-refractivity contribution is 5.86. The molecular formula is C17H20N2O3. The number of benzene rings is 1. The molecule has 1 aromatic carbocycles. The van der Waals surface area contributed by atoms with Gasteiger partial charge in [0.1, 0.15) is 0 Å². The van der Waals surface area contributed by atoms with Crippen molar-refractivity contribution in [2.45, 2.75) is 26.7 Å². The fourth-order valence-electron chi connectivity index (χ4n) is 2.46. The van der Waals surface area contributed by atoms with Gasteiger partial charge in [0.25, 0.3) is 0 Å². The summed E-state index contributed by atoms with van der Waals surface area (Å²) in [6, 6.07) is 7.89. The highest BCUT2D eigenvalue weighted by Gasteiger charge is 2.13. The summed E-state index contributed by atoms with van der Waals surface area (Å²) in [5.74, 6) is -0.452. The lowest BCUT2D eigenvalue weighted by Crippen LogP contribution is -2.28. The minimum Gasteiger partial charge on any atom is -0.469 e. The molecular weight excluding hydrogens is 280 g/mol. The molecule has 116 valence electrons. The van der Waals surface area contributed by atoms with E-state index >= 15 is 0 Å². The van der Waals surface area contributed by atoms with Crippen LogP contribution in [0.1, 0.15) is 23.2 Å². The van der Waals surface area contributed by atoms with E-state index in [1.54, 1.807) is 0 Å². The molecule has 22 heavy (non-hydrogen) atoms. The van der Waals surface area contributed by atoms with Crippen LogP contribution in [-0.2, 0) is 20.7 Å². The minimum atomic E-state index is -0.333. The number of rotatable bonds is 5. The Balaban J connectivity index is 2.11. The number of nitrogens with zero attached hydrogens (tertiary/aromatic N) is 1. The second-order valence-corrected chi connectivity index (χ2v) is 5.17. The molecule has 0 radical (unpaired) electrons. The molecule has 1 N–H and O–H groups in total. The lowest BCUT2D eigenvalue weighted by atomic mass is 9.99. The van der Waals surface area contributed by atoms with E-state index in [9.17, 15) is 9.59 Å². The van der Waals surface area contributed by atoms with Crippen LogP contribution in [0.3, 0.4) is 0 Å². The van der Waals surface area contributed by atoms with Crippen molar-refractivity contribution in [3.05, 3.63) is 41.1 Å². The average Bonchev–Trinajstić information content (AvgIpc) is 2.51. The maximum Gasteiger partial charge on any atom is 0.307 e. The summed E-state index contributed by atoms with van der Waals surface area (Å²) in [5.41, 5.74) is 3.81. The molecule has 1 heterocycles. The molecule has 1 amide bonds. The van der Waals surface area contributed by atoms with Crippen LogP contribution in [0.25, 0.3) is 10.9 Å². The Hall–Kier alpha value is -2.43. The number of hydrogen-bond acceptors (Lipinski definition) is 4. The van der Waals surface area contributed by atoms with Crippen LogP contribution in [0.5, 0.6) is 0 Å². The molecule has 0 unspecified atom stereocenters. The Bertz CT molecular complexity index is 710. The van der Waals surface area contributed by atoms with E-state index in [0.717, 1.165) is 27.7 Å². The molecule has 0 bridgehead atoms. The van der Waals surface area contributed by atoms with Crippen LogP contribution in [0.4, 0.5) is 0 Å². The molecule has 1 aromatic heterocycles. The third kappa shape index (κ3) is 3.61. The Morgan fingerprint density at radius 2 is 1.95 bits per heavy atom. The summed E-state index contributed by atoms with van der Waals surface area (Å²) in [5, 5.41) is 3.79. The largest absolute Gasteiger partial charge is 0.469 e. The third-order valence-electron chi connectivity index (χ3n) is 3.70. The number of aryl methyl sites for hydroxylation is 2. The second-order valence-electron chi connectivity index (χ2n) is 5.17. The average molecular weight is 300 g/mol. The minimum absolute atomic E-state index is 0.118. The summed E-state index contributed by atoms with van der Waals surface area (Å²) < 4.78 is 4.54. The van der Waals surface area contributed by atoms with E-state index in [1.165, 1.54) is 7.11 Å². The van der Waals surface area contributed by atoms with Crippen molar-refractivity contribution in [2.24, 2.45) is 0 Å². The fraction of sp³-hybridized carbons (Fsp3) is 0.353. The van der Waals surface area contributed by atoms with Crippen molar-refractivity contribution in [3.63, 3.8) is 0 Å². The molecule has 0 aliphatic carbocycles. The zero-order valence-corrected chi connectivity index (χ0v) is 13.1. The predicted octanol–water partition coefficient (Wildman–Crippen LogP) is 2.07. The van der Waals surface area contributed by atoms with Crippen molar-refractivity contribution in [1.29, 1.82) is 0 Å². The topological polar surface area (TPSA) is 68.3 Å². The molecule has 2 aromatic rings. The summed E-state index contributed by atoms with van der Waals surface area (Å²) in [7, 11) is 1.33. The van der Waals surface area contributed by atoms with Crippen molar-refractivity contribution >= 4 is 22.8 Å². The van der Waals surface area contributed by atoms with Crippen LogP contribution in [-0.4, -0.2) is 30.5 Å². The van der Waals surface area contributed by atoms with Gasteiger partial charge in [-0.25, -0.2) is 0 Å². The van der Waals surface area contributed by atoms with Gasteiger partial charge in [-0.15, -0.1) is 0 Å². The first-order chi connectivity index (χ1) is 10.5. The maximum absolute atomic E-state index is 12.0. The van der Waals surface area contributed by atoms with E-state index in [0.29, 0.717) is 0 Å². The molecule has 0 atom stereocenters. The number of ether oxygens (including phenoxy) is 1. The van der Waals surface area contributed by atoms with E-state index in [4.69, 9.17) is 0 Å². The van der Waals surface area contributed by atoms with Gasteiger partial charge in [-0.3, -0.25) is 14.6 Å². The van der Waals surface area contributed by atoms with Crippen LogP contribution >= 0.6 is 0 Å². The van der Waals surface area contributed by atoms with E-state index < -0.39 is 0 Å². The smallest absolute Gasteiger partial charge is 0.307 e. The summed E-state index contributed by atoms with van der Waals surface area (Å²) in [6.07, 6.45) is 0.437. The van der Waals surface area contributed by atoms with Gasteiger partial charge in [-0.05, 0) is 31.0 Å². The SMILES string of the molecule is COC(=O)CCNC(=O)Cc1c(C)nc2ccccc2c1C. The lowest BCUT2D eigenvalue weighted by molar-refractivity contribution is -0.140. The number of aromatic nitrogens is 1. The van der Waals surface area contributed by atoms with Crippen LogP contribution in [0, 0.1) is 13.8 Å². The number of para-hydroxylation sites is 1. The number of esters is 1. The first kappa shape index (κ1) is 15.9. The Morgan fingerprint density at radius 1 is 1.23 bits per heavy atom. The van der Waals surface area contributed by atoms with Gasteiger partial charge in [0.15, 0.2) is 0 Å². The molecule has 0 aliphatic rings. The van der Waals surface area contributed by atoms with Gasteiger partial charge >= 0.3 is 5.97 Å². The van der Waals surface area contributed by atoms with Gasteiger partial charge < -0.3 is 10.1 Å². The van der Waals surface area contributed by atoms with Crippen molar-refractivity contribution in [1.82, 2.24) is 10.3 Å². The standard InChI is InChI=1S/C17H20N2O3/c1-11-13-6-4-5-7-15(13)19-12(2)14(11)10-16(20)18-9-8-17(21)22-3/h4-7H,8-10H2,1-3H3,(H,18,20). The van der Waals surface area contributed by atoms with Crippen LogP contribution in [0.15, 0.2) is 24.3 Å². The molecule has 0 spiro atoms. The number of hydrogen-bond donors (Lipinski definition) is 1. The van der Waals surface area contributed by atoms with Crippen molar-refractivity contribution < 1.29 is 14.3 Å². The van der Waals surface area contributed by atoms with Crippen LogP contribution < -0.4 is 5.32 Å². The predicted molar refractivity (Wildman–Crippen MR) is 84.6 cm³/mol. The molecule has 5 heteroatoms. The Morgan fingerprint density at radius 3 is 2.68 bits per heavy atom. The second kappa shape index (κ2) is 7.02. The number of pyridine rings is 1. The van der Waals surface area contributed by atoms with Gasteiger partial charge in [-0.2, -0.15) is 0 Å². The maximum atomic E-state index is 12.0. The molecule has 0 saturated heterocycles. The zero-order valence-electron chi connectivity index (χ0n) is 13.1. The Kier molecular flexibility index (Phi) is 5.09. The molecule has 2 rings (SSSR count). The first-order valence-electron chi connectivity index (χ1n) is 7.21. The first-order valence-corrected chi connectivity index (χ1v) is 7.21. The van der Waals surface area contributed by atoms with Gasteiger partial charge in [0, 0.05) is 17.6 Å². The zero-order chi connectivity index (χ0) is 16.1. The van der Waals surface area contributed by atoms with Crippen molar-refractivity contribution in [3.8, 4) is 0 Å². The highest BCUT2D eigenvalue weighted by atomic mass is 16.5. The van der Waals surface area contributed by atoms with Gasteiger partial charge in [-0.1, -0.05) is 18.2 Å². The third-order valence-corrected chi connectivity index (χ3v) is 3.70. The normalized spacial score (nSPS) is 10.5. The number of fused-ring (bicyclic) bond motifs is 1. The van der Waals surface area contributed by atoms with Gasteiger partial charge in [0.05, 0.1) is 25.5 Å². The molecule has 0 saturated carbocycles. The van der Waals surface area contributed by atoms with Crippen molar-refractivity contribution in [2.75, 3.05) is 13.7 Å². The Labute approximate surface area is 129 Å². The highest BCUT2D eigenvalue weighted by Crippen LogP contribution is 2.22. The molecule has 5 nitrogen and oxygen atoms in total. The summed E-state index contributed by atoms with van der Waals surface area (Å²) in [4.78, 5) is 27.6. The van der Waals surface area contributed by atoms with E-state index in [1.807, 2.05) is 38.1 Å². The number of carbonyl (C=O) groups is 2. The monoisotopic (exact) mass is 300 g/mol. The van der Waals surface area contributed by atoms with E-state index in [-0.39, 0.29) is 31.3 Å². The molecule has 0 aliphatic heterocycles. The summed E-state index contributed by atoms with van der Waals surface area (Å²) >= 11 is 0. The lowest BCUT2D eigenvalue weighted by Gasteiger charge is -2.12. The number of carbonyl (C=O) groups excluding carboxylic acids is 2. The summed E-state index contributed by atoms with van der Waals surface area (Å²) in [6.45, 7) is 4.20.